The summed E-state index contributed by atoms with van der Waals surface area (Å²) in [5.41, 5.74) is 6.33. The molecule has 3 N–H and O–H groups in total. The molecule has 0 aliphatic carbocycles. The molecule has 0 fully saturated rings. The lowest BCUT2D eigenvalue weighted by Crippen LogP contribution is -2.23. The number of nitrogens with two attached hydrogens (primary N) is 1. The van der Waals surface area contributed by atoms with Gasteiger partial charge in [0.25, 0.3) is 0 Å². The van der Waals surface area contributed by atoms with Crippen LogP contribution in [-0.4, -0.2) is 16.2 Å². The van der Waals surface area contributed by atoms with E-state index in [4.69, 9.17) is 27.8 Å². The van der Waals surface area contributed by atoms with Gasteiger partial charge in [-0.15, -0.1) is 0 Å². The van der Waals surface area contributed by atoms with Gasteiger partial charge < -0.3 is 15.6 Å². The molecular weight excluding hydrogens is 222 g/mol. The average molecular weight is 239 g/mol. The molecule has 0 saturated carbocycles. The molecule has 0 amide bonds. The highest BCUT2D eigenvalue weighted by molar-refractivity contribution is 7.80. The Morgan fingerprint density at radius 1 is 1.56 bits per heavy atom. The zero-order valence-corrected chi connectivity index (χ0v) is 10.2. The number of thiocarbonyl (C=S) groups is 1. The predicted molar refractivity (Wildman–Crippen MR) is 68.5 cm³/mol. The lowest BCUT2D eigenvalue weighted by Gasteiger charge is -2.17. The number of benzene rings is 1. The number of rotatable bonds is 6. The Morgan fingerprint density at radius 3 is 2.88 bits per heavy atom. The standard InChI is InChI=1S/C12H17NO2S/c1-2-10(7-12(13)16)15-11-5-3-4-9(6-11)8-14/h3-6,10,14H,2,7-8H2,1H3,(H2,13,16). The average Bonchev–Trinajstić information content (AvgIpc) is 2.28. The van der Waals surface area contributed by atoms with Crippen molar-refractivity contribution >= 4 is 17.2 Å². The molecule has 0 radical (unpaired) electrons. The van der Waals surface area contributed by atoms with Crippen molar-refractivity contribution < 1.29 is 9.84 Å². The van der Waals surface area contributed by atoms with Crippen molar-refractivity contribution in [3.05, 3.63) is 29.8 Å². The summed E-state index contributed by atoms with van der Waals surface area (Å²) in [4.78, 5) is 0.463. The molecule has 0 aliphatic rings. The van der Waals surface area contributed by atoms with E-state index in [0.29, 0.717) is 11.4 Å². The van der Waals surface area contributed by atoms with Gasteiger partial charge in [0.1, 0.15) is 11.9 Å². The largest absolute Gasteiger partial charge is 0.490 e. The molecular formula is C12H17NO2S. The van der Waals surface area contributed by atoms with Crippen LogP contribution >= 0.6 is 12.2 Å². The SMILES string of the molecule is CCC(CC(N)=S)Oc1cccc(CO)c1. The van der Waals surface area contributed by atoms with E-state index in [1.54, 1.807) is 0 Å². The van der Waals surface area contributed by atoms with E-state index in [2.05, 4.69) is 0 Å². The summed E-state index contributed by atoms with van der Waals surface area (Å²) >= 11 is 4.86. The molecule has 1 aromatic carbocycles. The van der Waals surface area contributed by atoms with E-state index in [-0.39, 0.29) is 12.7 Å². The maximum absolute atomic E-state index is 9.00. The van der Waals surface area contributed by atoms with Crippen molar-refractivity contribution in [2.24, 2.45) is 5.73 Å². The summed E-state index contributed by atoms with van der Waals surface area (Å²) in [6.45, 7) is 2.04. The quantitative estimate of drug-likeness (QED) is 0.746. The first-order chi connectivity index (χ1) is 7.65. The summed E-state index contributed by atoms with van der Waals surface area (Å²) in [6, 6.07) is 7.39. The van der Waals surface area contributed by atoms with Gasteiger partial charge in [0.05, 0.1) is 11.6 Å². The minimum Gasteiger partial charge on any atom is -0.490 e. The Morgan fingerprint density at radius 2 is 2.31 bits per heavy atom. The van der Waals surface area contributed by atoms with Gasteiger partial charge in [-0.05, 0) is 24.1 Å². The van der Waals surface area contributed by atoms with Crippen molar-refractivity contribution in [1.82, 2.24) is 0 Å². The molecule has 4 heteroatoms. The monoisotopic (exact) mass is 239 g/mol. The van der Waals surface area contributed by atoms with E-state index >= 15 is 0 Å². The predicted octanol–water partition coefficient (Wildman–Crippen LogP) is 2.01. The Hall–Kier alpha value is -1.13. The van der Waals surface area contributed by atoms with Crippen LogP contribution in [0.2, 0.25) is 0 Å². The summed E-state index contributed by atoms with van der Waals surface area (Å²) in [5, 5.41) is 9.00. The molecule has 16 heavy (non-hydrogen) atoms. The number of aliphatic hydroxyl groups is 1. The number of ether oxygens (including phenoxy) is 1. The van der Waals surface area contributed by atoms with E-state index in [9.17, 15) is 0 Å². The minimum atomic E-state index is 0.00597. The molecule has 0 saturated heterocycles. The van der Waals surface area contributed by atoms with Crippen LogP contribution in [0.1, 0.15) is 25.3 Å². The number of aliphatic hydroxyl groups excluding tert-OH is 1. The first kappa shape index (κ1) is 12.9. The fourth-order valence-electron chi connectivity index (χ4n) is 1.40. The van der Waals surface area contributed by atoms with Crippen LogP contribution in [0.3, 0.4) is 0 Å². The van der Waals surface area contributed by atoms with Crippen molar-refractivity contribution in [1.29, 1.82) is 0 Å². The fraction of sp³-hybridized carbons (Fsp3) is 0.417. The molecule has 1 atom stereocenters. The Kier molecular flexibility index (Phi) is 5.22. The highest BCUT2D eigenvalue weighted by Crippen LogP contribution is 2.17. The lowest BCUT2D eigenvalue weighted by molar-refractivity contribution is 0.204. The van der Waals surface area contributed by atoms with Gasteiger partial charge in [0.2, 0.25) is 0 Å². The van der Waals surface area contributed by atoms with E-state index < -0.39 is 0 Å². The summed E-state index contributed by atoms with van der Waals surface area (Å²) < 4.78 is 5.74. The Bertz CT molecular complexity index is 355. The third-order valence-electron chi connectivity index (χ3n) is 2.27. The van der Waals surface area contributed by atoms with Crippen molar-refractivity contribution in [3.8, 4) is 5.75 Å². The van der Waals surface area contributed by atoms with E-state index in [0.717, 1.165) is 17.7 Å². The maximum atomic E-state index is 9.00. The summed E-state index contributed by atoms with van der Waals surface area (Å²) in [7, 11) is 0. The molecule has 0 bridgehead atoms. The van der Waals surface area contributed by atoms with Gasteiger partial charge in [-0.3, -0.25) is 0 Å². The number of hydrogen-bond acceptors (Lipinski definition) is 3. The highest BCUT2D eigenvalue weighted by atomic mass is 32.1. The molecule has 1 unspecified atom stereocenters. The molecule has 0 aliphatic heterocycles. The topological polar surface area (TPSA) is 55.5 Å². The third kappa shape index (κ3) is 4.16. The second kappa shape index (κ2) is 6.45. The van der Waals surface area contributed by atoms with Crippen LogP contribution in [0.25, 0.3) is 0 Å². The third-order valence-corrected chi connectivity index (χ3v) is 2.43. The van der Waals surface area contributed by atoms with Crippen LogP contribution in [0.5, 0.6) is 5.75 Å². The Labute approximate surface area is 101 Å². The van der Waals surface area contributed by atoms with Gasteiger partial charge >= 0.3 is 0 Å². The second-order valence-corrected chi connectivity index (χ2v) is 4.15. The molecule has 0 spiro atoms. The Balaban J connectivity index is 2.65. The van der Waals surface area contributed by atoms with Gasteiger partial charge in [-0.25, -0.2) is 0 Å². The van der Waals surface area contributed by atoms with Crippen LogP contribution in [-0.2, 0) is 6.61 Å². The molecule has 1 aromatic rings. The smallest absolute Gasteiger partial charge is 0.120 e. The molecule has 0 aromatic heterocycles. The maximum Gasteiger partial charge on any atom is 0.120 e. The first-order valence-electron chi connectivity index (χ1n) is 5.30. The van der Waals surface area contributed by atoms with Crippen molar-refractivity contribution in [2.75, 3.05) is 0 Å². The number of hydrogen-bond donors (Lipinski definition) is 2. The van der Waals surface area contributed by atoms with E-state index in [1.165, 1.54) is 0 Å². The zero-order valence-electron chi connectivity index (χ0n) is 9.35. The summed E-state index contributed by atoms with van der Waals surface area (Å²) in [6.07, 6.45) is 1.43. The molecule has 3 nitrogen and oxygen atoms in total. The van der Waals surface area contributed by atoms with E-state index in [1.807, 2.05) is 31.2 Å². The minimum absolute atomic E-state index is 0.00597. The normalized spacial score (nSPS) is 12.1. The van der Waals surface area contributed by atoms with Crippen LogP contribution < -0.4 is 10.5 Å². The van der Waals surface area contributed by atoms with Gasteiger partial charge in [0.15, 0.2) is 0 Å². The summed E-state index contributed by atoms with van der Waals surface area (Å²) in [5.74, 6) is 0.745. The molecule has 1 rings (SSSR count). The first-order valence-corrected chi connectivity index (χ1v) is 5.71. The van der Waals surface area contributed by atoms with Crippen LogP contribution in [0.4, 0.5) is 0 Å². The van der Waals surface area contributed by atoms with Crippen LogP contribution in [0.15, 0.2) is 24.3 Å². The van der Waals surface area contributed by atoms with Gasteiger partial charge in [-0.2, -0.15) is 0 Å². The van der Waals surface area contributed by atoms with Gasteiger partial charge in [-0.1, -0.05) is 31.3 Å². The zero-order chi connectivity index (χ0) is 12.0. The van der Waals surface area contributed by atoms with Crippen molar-refractivity contribution in [2.45, 2.75) is 32.5 Å². The molecule has 88 valence electrons. The second-order valence-electron chi connectivity index (χ2n) is 3.62. The van der Waals surface area contributed by atoms with Gasteiger partial charge in [0, 0.05) is 6.42 Å². The highest BCUT2D eigenvalue weighted by Gasteiger charge is 2.09. The van der Waals surface area contributed by atoms with Crippen molar-refractivity contribution in [3.63, 3.8) is 0 Å². The fourth-order valence-corrected chi connectivity index (χ4v) is 1.59. The molecule has 0 heterocycles. The lowest BCUT2D eigenvalue weighted by atomic mass is 10.2. The van der Waals surface area contributed by atoms with Crippen LogP contribution in [0, 0.1) is 0 Å².